The van der Waals surface area contributed by atoms with Crippen molar-refractivity contribution in [3.63, 3.8) is 0 Å². The normalized spacial score (nSPS) is 18.1. The summed E-state index contributed by atoms with van der Waals surface area (Å²) in [7, 11) is 1.84. The van der Waals surface area contributed by atoms with E-state index < -0.39 is 0 Å². The van der Waals surface area contributed by atoms with Crippen LogP contribution in [-0.4, -0.2) is 80.4 Å². The molecule has 1 fully saturated rings. The Morgan fingerprint density at radius 2 is 1.80 bits per heavy atom. The van der Waals surface area contributed by atoms with Crippen molar-refractivity contribution in [3.05, 3.63) is 30.3 Å². The van der Waals surface area contributed by atoms with Gasteiger partial charge in [0.2, 0.25) is 0 Å². The van der Waals surface area contributed by atoms with E-state index in [9.17, 15) is 0 Å². The minimum Gasteiger partial charge on any atom is -0.355 e. The molecule has 0 saturated carbocycles. The van der Waals surface area contributed by atoms with E-state index in [2.05, 4.69) is 69.6 Å². The third-order valence-corrected chi connectivity index (χ3v) is 5.61. The van der Waals surface area contributed by atoms with Crippen molar-refractivity contribution < 1.29 is 0 Å². The van der Waals surface area contributed by atoms with Crippen LogP contribution >= 0.6 is 11.8 Å². The van der Waals surface area contributed by atoms with Gasteiger partial charge in [0.15, 0.2) is 5.96 Å². The molecular formula is C19H33N5S. The number of hydrogen-bond donors (Lipinski definition) is 2. The second-order valence-electron chi connectivity index (χ2n) is 6.40. The predicted octanol–water partition coefficient (Wildman–Crippen LogP) is 1.97. The highest BCUT2D eigenvalue weighted by molar-refractivity contribution is 8.00. The lowest BCUT2D eigenvalue weighted by molar-refractivity contribution is 0.139. The second kappa shape index (κ2) is 11.4. The fourth-order valence-electron chi connectivity index (χ4n) is 2.90. The molecule has 0 spiro atoms. The zero-order valence-electron chi connectivity index (χ0n) is 15.9. The van der Waals surface area contributed by atoms with Gasteiger partial charge in [0.25, 0.3) is 0 Å². The number of nitrogens with zero attached hydrogens (tertiary/aromatic N) is 3. The van der Waals surface area contributed by atoms with Gasteiger partial charge in [0.1, 0.15) is 0 Å². The molecule has 0 amide bonds. The summed E-state index contributed by atoms with van der Waals surface area (Å²) in [5.74, 6) is 0.896. The van der Waals surface area contributed by atoms with E-state index in [1.54, 1.807) is 0 Å². The highest BCUT2D eigenvalue weighted by Crippen LogP contribution is 2.21. The molecule has 1 atom stereocenters. The fourth-order valence-corrected chi connectivity index (χ4v) is 3.84. The van der Waals surface area contributed by atoms with Crippen molar-refractivity contribution in [1.29, 1.82) is 0 Å². The molecule has 6 heteroatoms. The van der Waals surface area contributed by atoms with Crippen molar-refractivity contribution in [2.75, 3.05) is 59.4 Å². The number of nitrogens with one attached hydrogen (secondary N) is 2. The van der Waals surface area contributed by atoms with E-state index in [1.165, 1.54) is 37.6 Å². The Labute approximate surface area is 157 Å². The summed E-state index contributed by atoms with van der Waals surface area (Å²) in [6.07, 6.45) is 0. The molecule has 1 heterocycles. The lowest BCUT2D eigenvalue weighted by atomic mass is 10.3. The first-order valence-electron chi connectivity index (χ1n) is 9.32. The summed E-state index contributed by atoms with van der Waals surface area (Å²) in [5, 5.41) is 7.36. The average Bonchev–Trinajstić information content (AvgIpc) is 2.66. The molecule has 1 aromatic carbocycles. The van der Waals surface area contributed by atoms with Crippen LogP contribution in [0.1, 0.15) is 13.8 Å². The Morgan fingerprint density at radius 3 is 2.44 bits per heavy atom. The van der Waals surface area contributed by atoms with Crippen molar-refractivity contribution in [2.24, 2.45) is 4.99 Å². The van der Waals surface area contributed by atoms with Crippen LogP contribution in [0.15, 0.2) is 40.2 Å². The maximum atomic E-state index is 4.33. The van der Waals surface area contributed by atoms with Crippen molar-refractivity contribution in [2.45, 2.75) is 24.0 Å². The minimum atomic E-state index is 0.489. The molecule has 0 bridgehead atoms. The number of hydrogen-bond acceptors (Lipinski definition) is 4. The van der Waals surface area contributed by atoms with Gasteiger partial charge in [-0.05, 0) is 18.7 Å². The summed E-state index contributed by atoms with van der Waals surface area (Å²) < 4.78 is 0. The first-order chi connectivity index (χ1) is 12.2. The van der Waals surface area contributed by atoms with Crippen LogP contribution in [0.2, 0.25) is 0 Å². The number of piperazine rings is 1. The molecule has 140 valence electrons. The fraction of sp³-hybridized carbons (Fsp3) is 0.632. The van der Waals surface area contributed by atoms with Crippen LogP contribution in [0.25, 0.3) is 0 Å². The van der Waals surface area contributed by atoms with E-state index in [-0.39, 0.29) is 0 Å². The Bertz CT molecular complexity index is 500. The number of thioether (sulfide) groups is 1. The molecule has 1 saturated heterocycles. The molecule has 0 aromatic heterocycles. The Balaban J connectivity index is 1.60. The number of rotatable bonds is 8. The summed E-state index contributed by atoms with van der Waals surface area (Å²) in [4.78, 5) is 10.7. The molecule has 0 radical (unpaired) electrons. The molecular weight excluding hydrogens is 330 g/mol. The van der Waals surface area contributed by atoms with Gasteiger partial charge in [0.05, 0.1) is 0 Å². The van der Waals surface area contributed by atoms with Gasteiger partial charge in [0, 0.05) is 63.0 Å². The summed E-state index contributed by atoms with van der Waals surface area (Å²) >= 11 is 1.89. The molecule has 25 heavy (non-hydrogen) atoms. The zero-order chi connectivity index (χ0) is 17.9. The molecule has 0 aliphatic carbocycles. The van der Waals surface area contributed by atoms with Gasteiger partial charge in [-0.1, -0.05) is 32.0 Å². The van der Waals surface area contributed by atoms with Gasteiger partial charge < -0.3 is 15.5 Å². The zero-order valence-corrected chi connectivity index (χ0v) is 16.7. The van der Waals surface area contributed by atoms with Crippen LogP contribution < -0.4 is 10.6 Å². The maximum absolute atomic E-state index is 4.33. The quantitative estimate of drug-likeness (QED) is 0.420. The second-order valence-corrected chi connectivity index (χ2v) is 7.91. The Morgan fingerprint density at radius 1 is 1.12 bits per heavy atom. The van der Waals surface area contributed by atoms with Gasteiger partial charge >= 0.3 is 0 Å². The SMILES string of the molecule is CCN1CCN(CCNC(=NC)NCC(C)Sc2ccccc2)CC1. The van der Waals surface area contributed by atoms with Crippen LogP contribution in [0, 0.1) is 0 Å². The summed E-state index contributed by atoms with van der Waals surface area (Å²) in [6, 6.07) is 10.5. The lowest BCUT2D eigenvalue weighted by Gasteiger charge is -2.34. The monoisotopic (exact) mass is 363 g/mol. The van der Waals surface area contributed by atoms with Crippen molar-refractivity contribution >= 4 is 17.7 Å². The van der Waals surface area contributed by atoms with Gasteiger partial charge in [-0.15, -0.1) is 11.8 Å². The van der Waals surface area contributed by atoms with Crippen LogP contribution in [0.4, 0.5) is 0 Å². The average molecular weight is 364 g/mol. The molecule has 2 rings (SSSR count). The van der Waals surface area contributed by atoms with E-state index in [0.29, 0.717) is 5.25 Å². The maximum Gasteiger partial charge on any atom is 0.191 e. The predicted molar refractivity (Wildman–Crippen MR) is 110 cm³/mol. The van der Waals surface area contributed by atoms with E-state index >= 15 is 0 Å². The van der Waals surface area contributed by atoms with Gasteiger partial charge in [-0.25, -0.2) is 0 Å². The van der Waals surface area contributed by atoms with E-state index in [1.807, 2.05) is 18.8 Å². The highest BCUT2D eigenvalue weighted by atomic mass is 32.2. The lowest BCUT2D eigenvalue weighted by Crippen LogP contribution is -2.49. The number of aliphatic imine (C=N–C) groups is 1. The molecule has 1 aromatic rings. The minimum absolute atomic E-state index is 0.489. The number of likely N-dealkylation sites (N-methyl/N-ethyl adjacent to an activating group) is 1. The molecule has 1 aliphatic heterocycles. The van der Waals surface area contributed by atoms with Crippen molar-refractivity contribution in [3.8, 4) is 0 Å². The number of benzene rings is 1. The summed E-state index contributed by atoms with van der Waals surface area (Å²) in [5.41, 5.74) is 0. The topological polar surface area (TPSA) is 42.9 Å². The molecule has 2 N–H and O–H groups in total. The molecule has 1 unspecified atom stereocenters. The van der Waals surface area contributed by atoms with Gasteiger partial charge in [-0.3, -0.25) is 9.89 Å². The molecule has 1 aliphatic rings. The van der Waals surface area contributed by atoms with Crippen LogP contribution in [0.5, 0.6) is 0 Å². The number of guanidine groups is 1. The summed E-state index contributed by atoms with van der Waals surface area (Å²) in [6.45, 7) is 13.3. The van der Waals surface area contributed by atoms with E-state index in [0.717, 1.165) is 25.6 Å². The molecule has 5 nitrogen and oxygen atoms in total. The smallest absolute Gasteiger partial charge is 0.191 e. The van der Waals surface area contributed by atoms with Crippen molar-refractivity contribution in [1.82, 2.24) is 20.4 Å². The third-order valence-electron chi connectivity index (χ3n) is 4.49. The third kappa shape index (κ3) is 7.67. The van der Waals surface area contributed by atoms with Crippen LogP contribution in [0.3, 0.4) is 0 Å². The van der Waals surface area contributed by atoms with E-state index in [4.69, 9.17) is 0 Å². The Hall–Kier alpha value is -1.24. The first-order valence-corrected chi connectivity index (χ1v) is 10.2. The first kappa shape index (κ1) is 20.1. The largest absolute Gasteiger partial charge is 0.355 e. The van der Waals surface area contributed by atoms with Gasteiger partial charge in [-0.2, -0.15) is 0 Å². The van der Waals surface area contributed by atoms with Crippen LogP contribution in [-0.2, 0) is 0 Å². The standard InChI is InChI=1S/C19H33N5S/c1-4-23-12-14-24(15-13-23)11-10-21-19(20-3)22-16-17(2)25-18-8-6-5-7-9-18/h5-9,17H,4,10-16H2,1-3H3,(H2,20,21,22). The highest BCUT2D eigenvalue weighted by Gasteiger charge is 2.14. The Kier molecular flexibility index (Phi) is 9.15.